The van der Waals surface area contributed by atoms with Gasteiger partial charge in [-0.1, -0.05) is 37.6 Å². The average molecular weight is 414 g/mol. The standard InChI is InChI=1S/C23H28ClN3O2/c1-17(2)23(28)25-14-5-9-22-26-20-7-3-4-8-21(20)27(22)15-6-16-29-19-12-10-18(24)11-13-19/h3-4,7-8,10-13,17H,5-6,9,14-16H2,1-2H3,(H,25,28). The summed E-state index contributed by atoms with van der Waals surface area (Å²) in [6, 6.07) is 15.6. The maximum atomic E-state index is 11.7. The van der Waals surface area contributed by atoms with E-state index in [1.165, 1.54) is 0 Å². The van der Waals surface area contributed by atoms with Crippen molar-refractivity contribution in [3.63, 3.8) is 0 Å². The molecule has 0 unspecified atom stereocenters. The molecule has 0 radical (unpaired) electrons. The number of benzene rings is 2. The first-order valence-corrected chi connectivity index (χ1v) is 10.5. The Labute approximate surface area is 177 Å². The van der Waals surface area contributed by atoms with Gasteiger partial charge in [0, 0.05) is 30.5 Å². The molecule has 0 atom stereocenters. The van der Waals surface area contributed by atoms with Crippen molar-refractivity contribution in [2.45, 2.75) is 39.7 Å². The smallest absolute Gasteiger partial charge is 0.222 e. The number of rotatable bonds is 10. The van der Waals surface area contributed by atoms with Gasteiger partial charge in [-0.3, -0.25) is 4.79 Å². The van der Waals surface area contributed by atoms with E-state index < -0.39 is 0 Å². The van der Waals surface area contributed by atoms with Gasteiger partial charge in [0.2, 0.25) is 5.91 Å². The van der Waals surface area contributed by atoms with Crippen LogP contribution in [0.3, 0.4) is 0 Å². The van der Waals surface area contributed by atoms with Crippen LogP contribution in [0, 0.1) is 5.92 Å². The van der Waals surface area contributed by atoms with Crippen molar-refractivity contribution in [3.8, 4) is 5.75 Å². The lowest BCUT2D eigenvalue weighted by Crippen LogP contribution is -2.28. The molecule has 6 heteroatoms. The van der Waals surface area contributed by atoms with Gasteiger partial charge in [0.25, 0.3) is 0 Å². The fourth-order valence-corrected chi connectivity index (χ4v) is 3.30. The van der Waals surface area contributed by atoms with Crippen LogP contribution in [0.4, 0.5) is 0 Å². The van der Waals surface area contributed by atoms with Gasteiger partial charge in [-0.15, -0.1) is 0 Å². The molecular weight excluding hydrogens is 386 g/mol. The molecule has 3 aromatic rings. The molecular formula is C23H28ClN3O2. The summed E-state index contributed by atoms with van der Waals surface area (Å²) >= 11 is 5.91. The number of imidazole rings is 1. The Kier molecular flexibility index (Phi) is 7.53. The summed E-state index contributed by atoms with van der Waals surface area (Å²) in [7, 11) is 0. The van der Waals surface area contributed by atoms with E-state index >= 15 is 0 Å². The van der Waals surface area contributed by atoms with Gasteiger partial charge in [-0.05, 0) is 49.2 Å². The second-order valence-electron chi connectivity index (χ2n) is 7.37. The van der Waals surface area contributed by atoms with Gasteiger partial charge in [0.15, 0.2) is 0 Å². The normalized spacial score (nSPS) is 11.2. The number of carbonyl (C=O) groups is 1. The molecule has 29 heavy (non-hydrogen) atoms. The molecule has 0 fully saturated rings. The molecule has 1 N–H and O–H groups in total. The fourth-order valence-electron chi connectivity index (χ4n) is 3.17. The minimum Gasteiger partial charge on any atom is -0.494 e. The summed E-state index contributed by atoms with van der Waals surface area (Å²) in [5.41, 5.74) is 2.15. The molecule has 0 aliphatic carbocycles. The maximum Gasteiger partial charge on any atom is 0.222 e. The van der Waals surface area contributed by atoms with Crippen molar-refractivity contribution in [2.24, 2.45) is 5.92 Å². The summed E-state index contributed by atoms with van der Waals surface area (Å²) in [5, 5.41) is 3.68. The molecule has 0 saturated carbocycles. The highest BCUT2D eigenvalue weighted by atomic mass is 35.5. The van der Waals surface area contributed by atoms with Crippen molar-refractivity contribution < 1.29 is 9.53 Å². The number of aromatic nitrogens is 2. The first-order chi connectivity index (χ1) is 14.0. The van der Waals surface area contributed by atoms with Crippen LogP contribution < -0.4 is 10.1 Å². The Hall–Kier alpha value is -2.53. The Morgan fingerprint density at radius 1 is 1.14 bits per heavy atom. The fraction of sp³-hybridized carbons (Fsp3) is 0.391. The molecule has 0 aliphatic heterocycles. The minimum absolute atomic E-state index is 0.0141. The number of fused-ring (bicyclic) bond motifs is 1. The number of halogens is 1. The van der Waals surface area contributed by atoms with Crippen LogP contribution in [0.2, 0.25) is 5.02 Å². The second-order valence-corrected chi connectivity index (χ2v) is 7.81. The lowest BCUT2D eigenvalue weighted by molar-refractivity contribution is -0.123. The van der Waals surface area contributed by atoms with E-state index in [1.54, 1.807) is 0 Å². The molecule has 1 aromatic heterocycles. The predicted octanol–water partition coefficient (Wildman–Crippen LogP) is 4.86. The number of para-hydroxylation sites is 2. The van der Waals surface area contributed by atoms with E-state index in [0.717, 1.165) is 48.4 Å². The molecule has 0 bridgehead atoms. The van der Waals surface area contributed by atoms with Gasteiger partial charge in [0.05, 0.1) is 17.6 Å². The molecule has 1 amide bonds. The molecule has 2 aromatic carbocycles. The molecule has 1 heterocycles. The lowest BCUT2D eigenvalue weighted by atomic mass is 10.2. The van der Waals surface area contributed by atoms with Crippen molar-refractivity contribution in [1.82, 2.24) is 14.9 Å². The molecule has 154 valence electrons. The number of amides is 1. The van der Waals surface area contributed by atoms with Crippen molar-refractivity contribution in [2.75, 3.05) is 13.2 Å². The first kappa shape index (κ1) is 21.2. The zero-order valence-electron chi connectivity index (χ0n) is 17.0. The van der Waals surface area contributed by atoms with Crippen LogP contribution in [0.5, 0.6) is 5.75 Å². The molecule has 3 rings (SSSR count). The monoisotopic (exact) mass is 413 g/mol. The van der Waals surface area contributed by atoms with E-state index in [9.17, 15) is 4.79 Å². The number of nitrogens with zero attached hydrogens (tertiary/aromatic N) is 2. The van der Waals surface area contributed by atoms with Crippen molar-refractivity contribution >= 4 is 28.5 Å². The quantitative estimate of drug-likeness (QED) is 0.483. The zero-order valence-corrected chi connectivity index (χ0v) is 17.8. The van der Waals surface area contributed by atoms with E-state index in [-0.39, 0.29) is 11.8 Å². The summed E-state index contributed by atoms with van der Waals surface area (Å²) < 4.78 is 8.09. The van der Waals surface area contributed by atoms with Gasteiger partial charge < -0.3 is 14.6 Å². The van der Waals surface area contributed by atoms with Gasteiger partial charge >= 0.3 is 0 Å². The van der Waals surface area contributed by atoms with Crippen LogP contribution in [0.15, 0.2) is 48.5 Å². The Balaban J connectivity index is 1.57. The Morgan fingerprint density at radius 3 is 2.66 bits per heavy atom. The highest BCUT2D eigenvalue weighted by molar-refractivity contribution is 6.30. The predicted molar refractivity (Wildman–Crippen MR) is 117 cm³/mol. The highest BCUT2D eigenvalue weighted by Crippen LogP contribution is 2.19. The van der Waals surface area contributed by atoms with Crippen LogP contribution in [0.1, 0.15) is 32.5 Å². The third-order valence-electron chi connectivity index (χ3n) is 4.74. The van der Waals surface area contributed by atoms with E-state index in [1.807, 2.05) is 56.3 Å². The second kappa shape index (κ2) is 10.3. The number of hydrogen-bond donors (Lipinski definition) is 1. The van der Waals surface area contributed by atoms with Crippen molar-refractivity contribution in [3.05, 3.63) is 59.4 Å². The number of aryl methyl sites for hydroxylation is 2. The molecule has 0 saturated heterocycles. The molecule has 5 nitrogen and oxygen atoms in total. The third-order valence-corrected chi connectivity index (χ3v) is 4.99. The van der Waals surface area contributed by atoms with Crippen LogP contribution in [-0.2, 0) is 17.8 Å². The topological polar surface area (TPSA) is 56.2 Å². The Morgan fingerprint density at radius 2 is 1.90 bits per heavy atom. The van der Waals surface area contributed by atoms with E-state index in [4.69, 9.17) is 21.3 Å². The molecule has 0 spiro atoms. The van der Waals surface area contributed by atoms with Gasteiger partial charge in [-0.2, -0.15) is 0 Å². The zero-order chi connectivity index (χ0) is 20.6. The lowest BCUT2D eigenvalue weighted by Gasteiger charge is -2.11. The van der Waals surface area contributed by atoms with Crippen molar-refractivity contribution in [1.29, 1.82) is 0 Å². The summed E-state index contributed by atoms with van der Waals surface area (Å²) in [6.07, 6.45) is 2.56. The number of hydrogen-bond acceptors (Lipinski definition) is 3. The SMILES string of the molecule is CC(C)C(=O)NCCCc1nc2ccccc2n1CCCOc1ccc(Cl)cc1. The average Bonchev–Trinajstić information content (AvgIpc) is 3.07. The molecule has 0 aliphatic rings. The summed E-state index contributed by atoms with van der Waals surface area (Å²) in [5.74, 6) is 1.99. The van der Waals surface area contributed by atoms with E-state index in [0.29, 0.717) is 18.2 Å². The van der Waals surface area contributed by atoms with Crippen LogP contribution in [-0.4, -0.2) is 28.6 Å². The summed E-state index contributed by atoms with van der Waals surface area (Å²) in [4.78, 5) is 16.5. The van der Waals surface area contributed by atoms with Gasteiger partial charge in [0.1, 0.15) is 11.6 Å². The number of nitrogens with one attached hydrogen (secondary N) is 1. The van der Waals surface area contributed by atoms with Gasteiger partial charge in [-0.25, -0.2) is 4.98 Å². The Bertz CT molecular complexity index is 935. The maximum absolute atomic E-state index is 11.7. The minimum atomic E-state index is 0.0141. The first-order valence-electron chi connectivity index (χ1n) is 10.1. The highest BCUT2D eigenvalue weighted by Gasteiger charge is 2.11. The summed E-state index contributed by atoms with van der Waals surface area (Å²) in [6.45, 7) is 5.93. The number of ether oxygens (including phenoxy) is 1. The van der Waals surface area contributed by atoms with E-state index in [2.05, 4.69) is 16.0 Å². The van der Waals surface area contributed by atoms with Crippen LogP contribution in [0.25, 0.3) is 11.0 Å². The largest absolute Gasteiger partial charge is 0.494 e. The third kappa shape index (κ3) is 5.97. The number of carbonyl (C=O) groups excluding carboxylic acids is 1. The van der Waals surface area contributed by atoms with Crippen LogP contribution >= 0.6 is 11.6 Å².